The Bertz CT molecular complexity index is 679. The second-order valence-corrected chi connectivity index (χ2v) is 8.46. The van der Waals surface area contributed by atoms with Crippen LogP contribution >= 0.6 is 11.3 Å². The average Bonchev–Trinajstić information content (AvgIpc) is 2.90. The first-order valence-electron chi connectivity index (χ1n) is 9.21. The molecule has 136 valence electrons. The molecule has 0 spiro atoms. The molecule has 3 rings (SSSR count). The molecule has 0 bridgehead atoms. The van der Waals surface area contributed by atoms with Gasteiger partial charge in [-0.15, -0.1) is 11.3 Å². The maximum Gasteiger partial charge on any atom is 0.239 e. The maximum absolute atomic E-state index is 12.6. The Labute approximate surface area is 154 Å². The Morgan fingerprint density at radius 3 is 3.00 bits per heavy atom. The van der Waals surface area contributed by atoms with Crippen LogP contribution in [0.5, 0.6) is 0 Å². The number of hydrogen-bond acceptors (Lipinski definition) is 5. The second-order valence-electron chi connectivity index (χ2n) is 7.35. The van der Waals surface area contributed by atoms with Crippen LogP contribution in [0, 0.1) is 17.2 Å². The summed E-state index contributed by atoms with van der Waals surface area (Å²) >= 11 is 1.59. The second kappa shape index (κ2) is 7.86. The van der Waals surface area contributed by atoms with Gasteiger partial charge in [0.1, 0.15) is 11.1 Å². The highest BCUT2D eigenvalue weighted by atomic mass is 32.1. The Morgan fingerprint density at radius 1 is 1.48 bits per heavy atom. The number of thiophene rings is 1. The predicted octanol–water partition coefficient (Wildman–Crippen LogP) is 3.18. The van der Waals surface area contributed by atoms with Crippen molar-refractivity contribution in [1.82, 2.24) is 4.90 Å². The average molecular weight is 362 g/mol. The number of nitrogens with zero attached hydrogens (tertiary/aromatic N) is 2. The van der Waals surface area contributed by atoms with Crippen LogP contribution in [0.2, 0.25) is 0 Å². The molecule has 25 heavy (non-hydrogen) atoms. The van der Waals surface area contributed by atoms with Gasteiger partial charge in [-0.05, 0) is 44.1 Å². The van der Waals surface area contributed by atoms with Crippen LogP contribution < -0.4 is 5.32 Å². The number of morpholine rings is 1. The van der Waals surface area contributed by atoms with E-state index in [1.807, 2.05) is 6.92 Å². The van der Waals surface area contributed by atoms with Crippen molar-refractivity contribution in [3.8, 4) is 6.07 Å². The Hall–Kier alpha value is -1.42. The van der Waals surface area contributed by atoms with Crippen LogP contribution in [0.4, 0.5) is 5.00 Å². The summed E-state index contributed by atoms with van der Waals surface area (Å²) < 4.78 is 5.70. The highest BCUT2D eigenvalue weighted by Gasteiger charge is 2.28. The monoisotopic (exact) mass is 361 g/mol. The zero-order chi connectivity index (χ0) is 18.0. The van der Waals surface area contributed by atoms with Crippen molar-refractivity contribution in [2.75, 3.05) is 25.0 Å². The number of ether oxygens (including phenoxy) is 1. The molecule has 1 aliphatic heterocycles. The quantitative estimate of drug-likeness (QED) is 0.894. The fourth-order valence-corrected chi connectivity index (χ4v) is 5.17. The predicted molar refractivity (Wildman–Crippen MR) is 99.9 cm³/mol. The molecule has 0 aromatic carbocycles. The molecule has 1 aliphatic carbocycles. The summed E-state index contributed by atoms with van der Waals surface area (Å²) in [5.41, 5.74) is 1.84. The van der Waals surface area contributed by atoms with Gasteiger partial charge < -0.3 is 10.1 Å². The maximum atomic E-state index is 12.6. The minimum atomic E-state index is -0.0318. The van der Waals surface area contributed by atoms with Gasteiger partial charge >= 0.3 is 0 Å². The molecule has 1 N–H and O–H groups in total. The number of rotatable bonds is 4. The highest BCUT2D eigenvalue weighted by Crippen LogP contribution is 2.39. The van der Waals surface area contributed by atoms with E-state index in [2.05, 4.69) is 30.1 Å². The fourth-order valence-electron chi connectivity index (χ4n) is 3.79. The van der Waals surface area contributed by atoms with Crippen molar-refractivity contribution in [2.45, 2.75) is 58.6 Å². The van der Waals surface area contributed by atoms with E-state index in [4.69, 9.17) is 4.74 Å². The first-order chi connectivity index (χ1) is 12.0. The van der Waals surface area contributed by atoms with Gasteiger partial charge in [-0.3, -0.25) is 9.69 Å². The Morgan fingerprint density at radius 2 is 2.28 bits per heavy atom. The van der Waals surface area contributed by atoms with Gasteiger partial charge in [0.25, 0.3) is 0 Å². The van der Waals surface area contributed by atoms with E-state index in [0.29, 0.717) is 24.6 Å². The summed E-state index contributed by atoms with van der Waals surface area (Å²) in [5.74, 6) is 0.622. The van der Waals surface area contributed by atoms with E-state index < -0.39 is 0 Å². The van der Waals surface area contributed by atoms with Crippen molar-refractivity contribution in [3.63, 3.8) is 0 Å². The number of anilines is 1. The lowest BCUT2D eigenvalue weighted by molar-refractivity contribution is -0.121. The smallest absolute Gasteiger partial charge is 0.239 e. The lowest BCUT2D eigenvalue weighted by Crippen LogP contribution is -2.51. The van der Waals surface area contributed by atoms with Crippen molar-refractivity contribution in [1.29, 1.82) is 5.26 Å². The van der Waals surface area contributed by atoms with Crippen molar-refractivity contribution in [2.24, 2.45) is 5.92 Å². The fraction of sp³-hybridized carbons (Fsp3) is 0.684. The van der Waals surface area contributed by atoms with Crippen LogP contribution in [-0.4, -0.2) is 42.6 Å². The summed E-state index contributed by atoms with van der Waals surface area (Å²) in [6.45, 7) is 8.22. The first kappa shape index (κ1) is 18.4. The molecule has 1 fully saturated rings. The molecule has 3 unspecified atom stereocenters. The molecular formula is C19H27N3O2S. The number of carbonyl (C=O) groups excluding carboxylic acids is 1. The van der Waals surface area contributed by atoms with Gasteiger partial charge in [-0.25, -0.2) is 0 Å². The van der Waals surface area contributed by atoms with Crippen LogP contribution in [0.1, 0.15) is 49.6 Å². The summed E-state index contributed by atoms with van der Waals surface area (Å²) in [7, 11) is 0. The molecule has 2 aliphatic rings. The van der Waals surface area contributed by atoms with E-state index >= 15 is 0 Å². The van der Waals surface area contributed by atoms with Gasteiger partial charge in [0.15, 0.2) is 0 Å². The summed E-state index contributed by atoms with van der Waals surface area (Å²) in [6.07, 6.45) is 4.21. The third-order valence-electron chi connectivity index (χ3n) is 5.28. The lowest BCUT2D eigenvalue weighted by Gasteiger charge is -2.37. The van der Waals surface area contributed by atoms with Gasteiger partial charge in [0, 0.05) is 17.5 Å². The van der Waals surface area contributed by atoms with Gasteiger partial charge in [0.2, 0.25) is 5.91 Å². The van der Waals surface area contributed by atoms with Crippen LogP contribution in [0.25, 0.3) is 0 Å². The normalized spacial score (nSPS) is 26.7. The molecule has 1 saturated heterocycles. The molecule has 1 aromatic rings. The van der Waals surface area contributed by atoms with Gasteiger partial charge in [-0.2, -0.15) is 5.26 Å². The summed E-state index contributed by atoms with van der Waals surface area (Å²) in [5, 5.41) is 13.3. The molecule has 6 heteroatoms. The minimum Gasteiger partial charge on any atom is -0.376 e. The molecule has 1 amide bonds. The number of fused-ring (bicyclic) bond motifs is 1. The van der Waals surface area contributed by atoms with Crippen molar-refractivity contribution in [3.05, 3.63) is 16.0 Å². The third kappa shape index (κ3) is 4.05. The molecule has 2 heterocycles. The SMILES string of the molecule is CCC1COC(C)CN1CC(=O)Nc1sc2c(c1C#N)CCC(C)C2. The topological polar surface area (TPSA) is 65.4 Å². The van der Waals surface area contributed by atoms with E-state index in [-0.39, 0.29) is 18.1 Å². The van der Waals surface area contributed by atoms with Crippen molar-refractivity contribution < 1.29 is 9.53 Å². The molecular weight excluding hydrogens is 334 g/mol. The van der Waals surface area contributed by atoms with E-state index in [1.54, 1.807) is 11.3 Å². The van der Waals surface area contributed by atoms with Gasteiger partial charge in [0.05, 0.1) is 24.8 Å². The van der Waals surface area contributed by atoms with E-state index in [1.165, 1.54) is 4.88 Å². The lowest BCUT2D eigenvalue weighted by atomic mass is 9.89. The number of nitriles is 1. The summed E-state index contributed by atoms with van der Waals surface area (Å²) in [4.78, 5) is 16.1. The zero-order valence-electron chi connectivity index (χ0n) is 15.3. The first-order valence-corrected chi connectivity index (χ1v) is 10.0. The largest absolute Gasteiger partial charge is 0.376 e. The standard InChI is InChI=1S/C19H27N3O2S/c1-4-14-11-24-13(3)9-22(14)10-18(23)21-19-16(8-20)15-6-5-12(2)7-17(15)25-19/h12-14H,4-7,9-11H2,1-3H3,(H,21,23). The van der Waals surface area contributed by atoms with E-state index in [0.717, 1.165) is 42.8 Å². The minimum absolute atomic E-state index is 0.0318. The number of nitrogens with one attached hydrogen (secondary N) is 1. The zero-order valence-corrected chi connectivity index (χ0v) is 16.1. The molecule has 0 saturated carbocycles. The molecule has 3 atom stereocenters. The molecule has 5 nitrogen and oxygen atoms in total. The van der Waals surface area contributed by atoms with E-state index in [9.17, 15) is 10.1 Å². The van der Waals surface area contributed by atoms with Gasteiger partial charge in [-0.1, -0.05) is 13.8 Å². The highest BCUT2D eigenvalue weighted by molar-refractivity contribution is 7.16. The van der Waals surface area contributed by atoms with Crippen LogP contribution in [-0.2, 0) is 22.4 Å². The Kier molecular flexibility index (Phi) is 5.78. The van der Waals surface area contributed by atoms with Crippen molar-refractivity contribution >= 4 is 22.2 Å². The van der Waals surface area contributed by atoms with Crippen LogP contribution in [0.15, 0.2) is 0 Å². The number of carbonyl (C=O) groups is 1. The van der Waals surface area contributed by atoms with Crippen LogP contribution in [0.3, 0.4) is 0 Å². The molecule has 1 aromatic heterocycles. The number of hydrogen-bond donors (Lipinski definition) is 1. The Balaban J connectivity index is 1.70. The summed E-state index contributed by atoms with van der Waals surface area (Å²) in [6, 6.07) is 2.60. The third-order valence-corrected chi connectivity index (χ3v) is 6.45. The molecule has 0 radical (unpaired) electrons. The number of amides is 1.